The number of nitrogens with zero attached hydrogens (tertiary/aromatic N) is 1. The highest BCUT2D eigenvalue weighted by Crippen LogP contribution is 2.17. The van der Waals surface area contributed by atoms with Crippen LogP contribution in [0.3, 0.4) is 0 Å². The smallest absolute Gasteiger partial charge is 0.308 e. The number of quaternary nitrogens is 1. The van der Waals surface area contributed by atoms with E-state index in [-0.39, 0.29) is 11.9 Å². The molecule has 0 radical (unpaired) electrons. The molecule has 0 bridgehead atoms. The fraction of sp³-hybridized carbons (Fsp3) is 0.606. The summed E-state index contributed by atoms with van der Waals surface area (Å²) in [5.41, 5.74) is 2.68. The van der Waals surface area contributed by atoms with Crippen molar-refractivity contribution < 1.29 is 18.8 Å². The van der Waals surface area contributed by atoms with E-state index in [0.29, 0.717) is 13.2 Å². The first-order valence-corrected chi connectivity index (χ1v) is 14.6. The highest BCUT2D eigenvalue weighted by atomic mass is 16.5. The molecule has 2 aromatic carbocycles. The van der Waals surface area contributed by atoms with Crippen molar-refractivity contribution in [2.75, 3.05) is 33.9 Å². The monoisotopic (exact) mass is 510 g/mol. The number of carbonyl (C=O) groups is 1. The van der Waals surface area contributed by atoms with Gasteiger partial charge in [-0.1, -0.05) is 94.8 Å². The predicted octanol–water partition coefficient (Wildman–Crippen LogP) is 7.98. The van der Waals surface area contributed by atoms with Gasteiger partial charge in [0.1, 0.15) is 12.3 Å². The Balaban J connectivity index is 1.54. The molecule has 0 saturated heterocycles. The molecule has 37 heavy (non-hydrogen) atoms. The summed E-state index contributed by atoms with van der Waals surface area (Å²) >= 11 is 0. The van der Waals surface area contributed by atoms with Crippen molar-refractivity contribution in [3.05, 3.63) is 65.7 Å². The van der Waals surface area contributed by atoms with Crippen LogP contribution in [0.25, 0.3) is 0 Å². The van der Waals surface area contributed by atoms with Crippen LogP contribution in [-0.4, -0.2) is 44.3 Å². The van der Waals surface area contributed by atoms with Crippen LogP contribution in [0.2, 0.25) is 0 Å². The molecule has 0 heterocycles. The second-order valence-corrected chi connectivity index (χ2v) is 11.2. The third kappa shape index (κ3) is 14.3. The Labute approximate surface area is 227 Å². The zero-order valence-corrected chi connectivity index (χ0v) is 24.1. The van der Waals surface area contributed by atoms with Crippen molar-refractivity contribution in [1.29, 1.82) is 0 Å². The highest BCUT2D eigenvalue weighted by molar-refractivity contribution is 5.71. The topological polar surface area (TPSA) is 35.5 Å². The van der Waals surface area contributed by atoms with E-state index in [1.807, 2.05) is 19.1 Å². The Kier molecular flexibility index (Phi) is 15.0. The average Bonchev–Trinajstić information content (AvgIpc) is 2.89. The SMILES string of the molecule is CCCCCCCCCc1cccc(OCCCCOC(=O)C(C)CC[N+](C)(C)Cc2ccccc2)c1. The summed E-state index contributed by atoms with van der Waals surface area (Å²) in [4.78, 5) is 12.4. The van der Waals surface area contributed by atoms with E-state index in [2.05, 4.69) is 63.5 Å². The predicted molar refractivity (Wildman–Crippen MR) is 155 cm³/mol. The van der Waals surface area contributed by atoms with Gasteiger partial charge >= 0.3 is 5.97 Å². The second kappa shape index (κ2) is 18.0. The summed E-state index contributed by atoms with van der Waals surface area (Å²) in [6, 6.07) is 19.0. The number of rotatable bonds is 20. The Morgan fingerprint density at radius 1 is 0.811 bits per heavy atom. The van der Waals surface area contributed by atoms with E-state index in [9.17, 15) is 4.79 Å². The van der Waals surface area contributed by atoms with Gasteiger partial charge in [-0.3, -0.25) is 4.79 Å². The molecular formula is C33H52NO3+. The summed E-state index contributed by atoms with van der Waals surface area (Å²) in [7, 11) is 4.44. The minimum Gasteiger partial charge on any atom is -0.494 e. The minimum absolute atomic E-state index is 0.0801. The number of carbonyl (C=O) groups excluding carboxylic acids is 1. The van der Waals surface area contributed by atoms with E-state index >= 15 is 0 Å². The van der Waals surface area contributed by atoms with Crippen LogP contribution in [0.4, 0.5) is 0 Å². The normalized spacial score (nSPS) is 12.3. The molecule has 0 saturated carbocycles. The fourth-order valence-corrected chi connectivity index (χ4v) is 4.60. The van der Waals surface area contributed by atoms with Gasteiger partial charge in [0.2, 0.25) is 0 Å². The molecule has 0 aliphatic rings. The lowest BCUT2D eigenvalue weighted by Crippen LogP contribution is -2.40. The lowest BCUT2D eigenvalue weighted by Gasteiger charge is -2.30. The maximum Gasteiger partial charge on any atom is 0.308 e. The van der Waals surface area contributed by atoms with Gasteiger partial charge < -0.3 is 14.0 Å². The number of hydrogen-bond acceptors (Lipinski definition) is 3. The molecule has 0 N–H and O–H groups in total. The molecular weight excluding hydrogens is 458 g/mol. The van der Waals surface area contributed by atoms with Gasteiger partial charge in [0, 0.05) is 12.0 Å². The third-order valence-electron chi connectivity index (χ3n) is 7.04. The summed E-state index contributed by atoms with van der Waals surface area (Å²) in [6.45, 7) is 7.27. The van der Waals surface area contributed by atoms with Gasteiger partial charge in [0.25, 0.3) is 0 Å². The van der Waals surface area contributed by atoms with E-state index in [1.54, 1.807) is 0 Å². The molecule has 1 atom stereocenters. The highest BCUT2D eigenvalue weighted by Gasteiger charge is 2.21. The van der Waals surface area contributed by atoms with Gasteiger partial charge in [-0.15, -0.1) is 0 Å². The van der Waals surface area contributed by atoms with E-state index in [0.717, 1.165) is 49.0 Å². The average molecular weight is 511 g/mol. The van der Waals surface area contributed by atoms with Crippen molar-refractivity contribution in [1.82, 2.24) is 0 Å². The first kappa shape index (κ1) is 30.9. The van der Waals surface area contributed by atoms with Crippen molar-refractivity contribution in [3.63, 3.8) is 0 Å². The maximum absolute atomic E-state index is 12.4. The Morgan fingerprint density at radius 3 is 2.24 bits per heavy atom. The van der Waals surface area contributed by atoms with Crippen LogP contribution in [-0.2, 0) is 22.5 Å². The molecule has 0 fully saturated rings. The molecule has 4 nitrogen and oxygen atoms in total. The first-order valence-electron chi connectivity index (χ1n) is 14.6. The molecule has 0 amide bonds. The van der Waals surface area contributed by atoms with Crippen molar-refractivity contribution in [3.8, 4) is 5.75 Å². The van der Waals surface area contributed by atoms with Crippen LogP contribution < -0.4 is 4.74 Å². The first-order chi connectivity index (χ1) is 17.9. The molecule has 2 aromatic rings. The van der Waals surface area contributed by atoms with Gasteiger partial charge in [0.15, 0.2) is 0 Å². The second-order valence-electron chi connectivity index (χ2n) is 11.2. The number of aryl methyl sites for hydroxylation is 1. The molecule has 2 rings (SSSR count). The largest absolute Gasteiger partial charge is 0.494 e. The Bertz CT molecular complexity index is 865. The summed E-state index contributed by atoms with van der Waals surface area (Å²) in [6.07, 6.45) is 13.0. The van der Waals surface area contributed by atoms with E-state index in [1.165, 1.54) is 56.1 Å². The summed E-state index contributed by atoms with van der Waals surface area (Å²) < 4.78 is 12.4. The molecule has 0 aromatic heterocycles. The zero-order valence-electron chi connectivity index (χ0n) is 24.1. The van der Waals surface area contributed by atoms with Gasteiger partial charge in [-0.05, 0) is 43.4 Å². The summed E-state index contributed by atoms with van der Waals surface area (Å²) in [5, 5.41) is 0. The van der Waals surface area contributed by atoms with Crippen LogP contribution in [0.1, 0.15) is 89.2 Å². The molecule has 1 unspecified atom stereocenters. The molecule has 0 aliphatic carbocycles. The van der Waals surface area contributed by atoms with Gasteiger partial charge in [-0.2, -0.15) is 0 Å². The van der Waals surface area contributed by atoms with Crippen LogP contribution in [0.5, 0.6) is 5.75 Å². The van der Waals surface area contributed by atoms with Gasteiger partial charge in [-0.25, -0.2) is 0 Å². The third-order valence-corrected chi connectivity index (χ3v) is 7.04. The maximum atomic E-state index is 12.4. The zero-order chi connectivity index (χ0) is 26.8. The standard InChI is InChI=1S/C33H52NO3/c1-5-6-7-8-9-10-12-18-30-21-17-22-32(27-30)36-25-15-16-26-37-33(35)29(2)23-24-34(3,4)28-31-19-13-11-14-20-31/h11,13-14,17,19-22,27,29H,5-10,12,15-16,18,23-26,28H2,1-4H3/q+1. The Morgan fingerprint density at radius 2 is 1.49 bits per heavy atom. The number of unbranched alkanes of at least 4 members (excludes halogenated alkanes) is 7. The fourth-order valence-electron chi connectivity index (χ4n) is 4.60. The van der Waals surface area contributed by atoms with Crippen LogP contribution in [0.15, 0.2) is 54.6 Å². The molecule has 206 valence electrons. The van der Waals surface area contributed by atoms with Crippen LogP contribution >= 0.6 is 0 Å². The number of hydrogen-bond donors (Lipinski definition) is 0. The molecule has 4 heteroatoms. The Hall–Kier alpha value is -2.33. The van der Waals surface area contributed by atoms with E-state index in [4.69, 9.17) is 9.47 Å². The number of benzene rings is 2. The van der Waals surface area contributed by atoms with Crippen molar-refractivity contribution >= 4 is 5.97 Å². The van der Waals surface area contributed by atoms with Gasteiger partial charge in [0.05, 0.1) is 39.8 Å². The lowest BCUT2D eigenvalue weighted by molar-refractivity contribution is -0.904. The number of ether oxygens (including phenoxy) is 2. The van der Waals surface area contributed by atoms with Crippen LogP contribution in [0, 0.1) is 5.92 Å². The molecule has 0 spiro atoms. The van der Waals surface area contributed by atoms with Crippen molar-refractivity contribution in [2.24, 2.45) is 5.92 Å². The minimum atomic E-state index is -0.0845. The quantitative estimate of drug-likeness (QED) is 0.103. The van der Waals surface area contributed by atoms with E-state index < -0.39 is 0 Å². The summed E-state index contributed by atoms with van der Waals surface area (Å²) in [5.74, 6) is 0.782. The lowest BCUT2D eigenvalue weighted by atomic mass is 10.0. The number of esters is 1. The van der Waals surface area contributed by atoms with Crippen molar-refractivity contribution in [2.45, 2.75) is 91.0 Å². The molecule has 0 aliphatic heterocycles.